The van der Waals surface area contributed by atoms with Crippen molar-refractivity contribution < 1.29 is 8.42 Å². The molecular formula is C10H13ClN2O2S2. The van der Waals surface area contributed by atoms with E-state index in [0.29, 0.717) is 22.8 Å². The molecule has 0 spiro atoms. The normalized spacial score (nSPS) is 11.2. The van der Waals surface area contributed by atoms with Crippen molar-refractivity contribution in [1.29, 1.82) is 0 Å². The Morgan fingerprint density at radius 3 is 2.65 bits per heavy atom. The van der Waals surface area contributed by atoms with Gasteiger partial charge in [-0.1, -0.05) is 23.8 Å². The molecule has 94 valence electrons. The predicted octanol–water partition coefficient (Wildman–Crippen LogP) is 1.43. The van der Waals surface area contributed by atoms with Crippen molar-refractivity contribution in [1.82, 2.24) is 0 Å². The smallest absolute Gasteiger partial charge is 0.149 e. The van der Waals surface area contributed by atoms with E-state index < -0.39 is 9.84 Å². The molecule has 0 fully saturated rings. The fourth-order valence-electron chi connectivity index (χ4n) is 1.18. The van der Waals surface area contributed by atoms with Crippen LogP contribution in [0.1, 0.15) is 5.56 Å². The minimum Gasteiger partial charge on any atom is -0.389 e. The van der Waals surface area contributed by atoms with Crippen LogP contribution in [0.2, 0.25) is 5.02 Å². The van der Waals surface area contributed by atoms with Gasteiger partial charge in [0.2, 0.25) is 0 Å². The second-order valence-corrected chi connectivity index (χ2v) is 6.72. The summed E-state index contributed by atoms with van der Waals surface area (Å²) in [6, 6.07) is 5.10. The van der Waals surface area contributed by atoms with E-state index in [2.05, 4.69) is 5.32 Å². The summed E-state index contributed by atoms with van der Waals surface area (Å²) in [5.74, 6) is 0.0559. The van der Waals surface area contributed by atoms with Crippen LogP contribution in [-0.4, -0.2) is 32.0 Å². The predicted molar refractivity (Wildman–Crippen MR) is 75.5 cm³/mol. The quantitative estimate of drug-likeness (QED) is 0.803. The highest BCUT2D eigenvalue weighted by Gasteiger charge is 2.05. The summed E-state index contributed by atoms with van der Waals surface area (Å²) in [5, 5.41) is 3.40. The van der Waals surface area contributed by atoms with Crippen LogP contribution >= 0.6 is 23.8 Å². The Bertz CT molecular complexity index is 529. The number of rotatable bonds is 5. The maximum atomic E-state index is 10.9. The van der Waals surface area contributed by atoms with Crippen LogP contribution in [0.3, 0.4) is 0 Å². The number of anilines is 1. The maximum absolute atomic E-state index is 10.9. The monoisotopic (exact) mass is 292 g/mol. The van der Waals surface area contributed by atoms with Gasteiger partial charge in [-0.05, 0) is 18.2 Å². The fourth-order valence-corrected chi connectivity index (χ4v) is 2.03. The average Bonchev–Trinajstić information content (AvgIpc) is 2.18. The number of hydrogen-bond acceptors (Lipinski definition) is 4. The third-order valence-corrected chi connectivity index (χ3v) is 3.54. The number of benzene rings is 1. The van der Waals surface area contributed by atoms with Gasteiger partial charge in [0.15, 0.2) is 0 Å². The van der Waals surface area contributed by atoms with Gasteiger partial charge in [0.25, 0.3) is 0 Å². The molecule has 0 saturated heterocycles. The fraction of sp³-hybridized carbons (Fsp3) is 0.300. The SMILES string of the molecule is CS(=O)(=O)CCNc1ccc(C(N)=S)cc1Cl. The minimum atomic E-state index is -2.98. The molecule has 3 N–H and O–H groups in total. The molecular weight excluding hydrogens is 280 g/mol. The molecule has 0 amide bonds. The van der Waals surface area contributed by atoms with Crippen molar-refractivity contribution in [2.45, 2.75) is 0 Å². The Balaban J connectivity index is 2.70. The summed E-state index contributed by atoms with van der Waals surface area (Å²) in [6.45, 7) is 0.310. The number of nitrogens with two attached hydrogens (primary N) is 1. The van der Waals surface area contributed by atoms with Crippen molar-refractivity contribution >= 4 is 44.3 Å². The number of halogens is 1. The second kappa shape index (κ2) is 5.66. The first-order valence-corrected chi connectivity index (χ1v) is 7.65. The first kappa shape index (κ1) is 14.2. The van der Waals surface area contributed by atoms with Crippen molar-refractivity contribution in [3.63, 3.8) is 0 Å². The molecule has 0 aliphatic heterocycles. The summed E-state index contributed by atoms with van der Waals surface area (Å²) >= 11 is 10.8. The van der Waals surface area contributed by atoms with Crippen molar-refractivity contribution in [3.05, 3.63) is 28.8 Å². The third-order valence-electron chi connectivity index (χ3n) is 2.04. The van der Waals surface area contributed by atoms with E-state index in [1.807, 2.05) is 0 Å². The van der Waals surface area contributed by atoms with Gasteiger partial charge in [0, 0.05) is 18.4 Å². The highest BCUT2D eigenvalue weighted by Crippen LogP contribution is 2.22. The molecule has 1 aromatic rings. The first-order valence-electron chi connectivity index (χ1n) is 4.80. The zero-order valence-corrected chi connectivity index (χ0v) is 11.6. The van der Waals surface area contributed by atoms with E-state index in [4.69, 9.17) is 29.6 Å². The van der Waals surface area contributed by atoms with Crippen molar-refractivity contribution in [2.24, 2.45) is 5.73 Å². The highest BCUT2D eigenvalue weighted by molar-refractivity contribution is 7.90. The Kier molecular flexibility index (Phi) is 4.73. The molecule has 0 aromatic heterocycles. The Morgan fingerprint density at radius 1 is 1.53 bits per heavy atom. The van der Waals surface area contributed by atoms with E-state index in [1.165, 1.54) is 6.26 Å². The van der Waals surface area contributed by atoms with Gasteiger partial charge in [-0.25, -0.2) is 8.42 Å². The molecule has 1 aromatic carbocycles. The lowest BCUT2D eigenvalue weighted by molar-refractivity contribution is 0.602. The summed E-state index contributed by atoms with van der Waals surface area (Å²) in [7, 11) is -2.98. The zero-order valence-electron chi connectivity index (χ0n) is 9.23. The molecule has 0 heterocycles. The lowest BCUT2D eigenvalue weighted by Gasteiger charge is -2.09. The number of nitrogens with one attached hydrogen (secondary N) is 1. The van der Waals surface area contributed by atoms with Crippen LogP contribution in [0.4, 0.5) is 5.69 Å². The van der Waals surface area contributed by atoms with Gasteiger partial charge < -0.3 is 11.1 Å². The lowest BCUT2D eigenvalue weighted by Crippen LogP contribution is -2.14. The molecule has 1 rings (SSSR count). The van der Waals surface area contributed by atoms with Crippen LogP contribution in [-0.2, 0) is 9.84 Å². The molecule has 0 atom stereocenters. The van der Waals surface area contributed by atoms with Crippen LogP contribution in [0.25, 0.3) is 0 Å². The molecule has 0 radical (unpaired) electrons. The third kappa shape index (κ3) is 4.89. The van der Waals surface area contributed by atoms with Gasteiger partial charge in [-0.2, -0.15) is 0 Å². The molecule has 4 nitrogen and oxygen atoms in total. The standard InChI is InChI=1S/C10H13ClN2O2S2/c1-17(14,15)5-4-13-9-3-2-7(10(12)16)6-8(9)11/h2-3,6,13H,4-5H2,1H3,(H2,12,16). The zero-order chi connectivity index (χ0) is 13.1. The van der Waals surface area contributed by atoms with E-state index >= 15 is 0 Å². The van der Waals surface area contributed by atoms with E-state index in [9.17, 15) is 8.42 Å². The van der Waals surface area contributed by atoms with Crippen LogP contribution in [0.5, 0.6) is 0 Å². The molecule has 0 bridgehead atoms. The molecule has 0 unspecified atom stereocenters. The number of sulfone groups is 1. The van der Waals surface area contributed by atoms with E-state index in [1.54, 1.807) is 18.2 Å². The Hall–Kier alpha value is -0.850. The van der Waals surface area contributed by atoms with Crippen LogP contribution in [0.15, 0.2) is 18.2 Å². The number of thiocarbonyl (C=S) groups is 1. The molecule has 0 aliphatic carbocycles. The first-order chi connectivity index (χ1) is 7.79. The molecule has 17 heavy (non-hydrogen) atoms. The summed E-state index contributed by atoms with van der Waals surface area (Å²) < 4.78 is 21.9. The van der Waals surface area contributed by atoms with Gasteiger partial charge >= 0.3 is 0 Å². The summed E-state index contributed by atoms with van der Waals surface area (Å²) in [6.07, 6.45) is 1.19. The molecule has 0 aliphatic rings. The average molecular weight is 293 g/mol. The van der Waals surface area contributed by atoms with Gasteiger partial charge in [-0.3, -0.25) is 0 Å². The van der Waals surface area contributed by atoms with Gasteiger partial charge in [0.05, 0.1) is 16.5 Å². The Labute approximate surface area is 111 Å². The largest absolute Gasteiger partial charge is 0.389 e. The minimum absolute atomic E-state index is 0.0559. The van der Waals surface area contributed by atoms with Crippen molar-refractivity contribution in [2.75, 3.05) is 23.9 Å². The van der Waals surface area contributed by atoms with Crippen LogP contribution in [0, 0.1) is 0 Å². The lowest BCUT2D eigenvalue weighted by atomic mass is 10.2. The van der Waals surface area contributed by atoms with E-state index in [0.717, 1.165) is 0 Å². The second-order valence-electron chi connectivity index (χ2n) is 3.62. The molecule has 0 saturated carbocycles. The van der Waals surface area contributed by atoms with Crippen molar-refractivity contribution in [3.8, 4) is 0 Å². The Morgan fingerprint density at radius 2 is 2.18 bits per heavy atom. The maximum Gasteiger partial charge on any atom is 0.149 e. The van der Waals surface area contributed by atoms with Gasteiger partial charge in [0.1, 0.15) is 14.8 Å². The molecule has 7 heteroatoms. The summed E-state index contributed by atoms with van der Waals surface area (Å²) in [5.41, 5.74) is 6.80. The van der Waals surface area contributed by atoms with E-state index in [-0.39, 0.29) is 10.7 Å². The summed E-state index contributed by atoms with van der Waals surface area (Å²) in [4.78, 5) is 0.273. The van der Waals surface area contributed by atoms with Crippen LogP contribution < -0.4 is 11.1 Å². The topological polar surface area (TPSA) is 72.2 Å². The number of hydrogen-bond donors (Lipinski definition) is 2. The van der Waals surface area contributed by atoms with Gasteiger partial charge in [-0.15, -0.1) is 0 Å². The highest BCUT2D eigenvalue weighted by atomic mass is 35.5.